The van der Waals surface area contributed by atoms with Crippen LogP contribution in [0.1, 0.15) is 15.9 Å². The van der Waals surface area contributed by atoms with Crippen LogP contribution >= 0.6 is 15.9 Å². The molecule has 2 aromatic carbocycles. The van der Waals surface area contributed by atoms with Crippen molar-refractivity contribution in [3.8, 4) is 23.8 Å². The van der Waals surface area contributed by atoms with Crippen molar-refractivity contribution in [2.75, 3.05) is 20.3 Å². The molecule has 2 aromatic rings. The Kier molecular flexibility index (Phi) is 8.06. The molecule has 7 nitrogen and oxygen atoms in total. The summed E-state index contributed by atoms with van der Waals surface area (Å²) in [7, 11) is 1.47. The maximum absolute atomic E-state index is 12.2. The van der Waals surface area contributed by atoms with Gasteiger partial charge in [-0.25, -0.2) is 5.43 Å². The van der Waals surface area contributed by atoms with Crippen LogP contribution < -0.4 is 20.2 Å². The Morgan fingerprint density at radius 2 is 2.04 bits per heavy atom. The molecule has 0 aromatic heterocycles. The second kappa shape index (κ2) is 10.7. The van der Waals surface area contributed by atoms with E-state index in [9.17, 15) is 9.59 Å². The molecule has 0 spiro atoms. The first-order chi connectivity index (χ1) is 13.5. The van der Waals surface area contributed by atoms with E-state index < -0.39 is 11.8 Å². The van der Waals surface area contributed by atoms with Crippen LogP contribution in [0.4, 0.5) is 0 Å². The van der Waals surface area contributed by atoms with Crippen molar-refractivity contribution in [3.05, 3.63) is 58.1 Å². The number of methoxy groups -OCH3 is 1. The molecule has 0 aliphatic carbocycles. The lowest BCUT2D eigenvalue weighted by Gasteiger charge is -2.08. The molecule has 0 aliphatic heterocycles. The van der Waals surface area contributed by atoms with Crippen molar-refractivity contribution in [3.63, 3.8) is 0 Å². The summed E-state index contributed by atoms with van der Waals surface area (Å²) in [5.74, 6) is 2.43. The molecule has 0 saturated heterocycles. The number of para-hydroxylation sites is 1. The van der Waals surface area contributed by atoms with Crippen LogP contribution in [0.25, 0.3) is 0 Å². The van der Waals surface area contributed by atoms with Gasteiger partial charge in [-0.3, -0.25) is 9.59 Å². The van der Waals surface area contributed by atoms with Gasteiger partial charge in [0.05, 0.1) is 25.4 Å². The van der Waals surface area contributed by atoms with Gasteiger partial charge in [-0.1, -0.05) is 34.0 Å². The van der Waals surface area contributed by atoms with Gasteiger partial charge >= 0.3 is 0 Å². The molecule has 0 saturated carbocycles. The first-order valence-corrected chi connectivity index (χ1v) is 8.93. The number of terminal acetylenes is 1. The van der Waals surface area contributed by atoms with E-state index in [1.807, 2.05) is 0 Å². The molecule has 0 unspecified atom stereocenters. The lowest BCUT2D eigenvalue weighted by atomic mass is 10.2. The molecular formula is C20H18BrN3O4. The summed E-state index contributed by atoms with van der Waals surface area (Å²) in [6.45, 7) is -0.128. The van der Waals surface area contributed by atoms with Gasteiger partial charge in [0, 0.05) is 10.0 Å². The largest absolute Gasteiger partial charge is 0.496 e. The fourth-order valence-electron chi connectivity index (χ4n) is 2.17. The summed E-state index contributed by atoms with van der Waals surface area (Å²) in [5.41, 5.74) is 3.31. The highest BCUT2D eigenvalue weighted by Gasteiger charge is 2.12. The molecule has 2 amide bonds. The van der Waals surface area contributed by atoms with E-state index in [1.54, 1.807) is 42.5 Å². The number of nitrogens with zero attached hydrogens (tertiary/aromatic N) is 1. The van der Waals surface area contributed by atoms with E-state index in [4.69, 9.17) is 15.9 Å². The molecule has 0 aliphatic rings. The Hall–Kier alpha value is -3.31. The minimum absolute atomic E-state index is 0.115. The third-order valence-corrected chi connectivity index (χ3v) is 3.93. The summed E-state index contributed by atoms with van der Waals surface area (Å²) in [5, 5.41) is 6.39. The summed E-state index contributed by atoms with van der Waals surface area (Å²) < 4.78 is 11.4. The van der Waals surface area contributed by atoms with Crippen LogP contribution in [-0.4, -0.2) is 38.3 Å². The number of ether oxygens (including phenoxy) is 2. The molecule has 144 valence electrons. The van der Waals surface area contributed by atoms with Gasteiger partial charge in [-0.05, 0) is 30.3 Å². The number of benzene rings is 2. The Morgan fingerprint density at radius 3 is 2.79 bits per heavy atom. The average molecular weight is 444 g/mol. The Balaban J connectivity index is 1.91. The number of amides is 2. The monoisotopic (exact) mass is 443 g/mol. The van der Waals surface area contributed by atoms with Crippen molar-refractivity contribution in [1.29, 1.82) is 0 Å². The lowest BCUT2D eigenvalue weighted by Crippen LogP contribution is -2.35. The summed E-state index contributed by atoms with van der Waals surface area (Å²) in [6.07, 6.45) is 6.62. The van der Waals surface area contributed by atoms with Crippen LogP contribution in [0, 0.1) is 12.3 Å². The van der Waals surface area contributed by atoms with Crippen molar-refractivity contribution < 1.29 is 19.1 Å². The number of halogens is 1. The fourth-order valence-corrected chi connectivity index (χ4v) is 2.55. The maximum atomic E-state index is 12.2. The molecule has 0 atom stereocenters. The summed E-state index contributed by atoms with van der Waals surface area (Å²) in [6, 6.07) is 12.0. The highest BCUT2D eigenvalue weighted by atomic mass is 79.9. The smallest absolute Gasteiger partial charge is 0.259 e. The number of hydrogen-bond acceptors (Lipinski definition) is 5. The topological polar surface area (TPSA) is 89.0 Å². The summed E-state index contributed by atoms with van der Waals surface area (Å²) in [4.78, 5) is 24.1. The molecule has 28 heavy (non-hydrogen) atoms. The first kappa shape index (κ1) is 21.0. The molecular weight excluding hydrogens is 426 g/mol. The van der Waals surface area contributed by atoms with Gasteiger partial charge in [0.25, 0.3) is 11.8 Å². The second-order valence-electron chi connectivity index (χ2n) is 5.35. The van der Waals surface area contributed by atoms with Crippen molar-refractivity contribution in [2.24, 2.45) is 5.10 Å². The van der Waals surface area contributed by atoms with E-state index >= 15 is 0 Å². The van der Waals surface area contributed by atoms with E-state index in [2.05, 4.69) is 37.7 Å². The summed E-state index contributed by atoms with van der Waals surface area (Å²) >= 11 is 3.36. The number of rotatable bonds is 8. The van der Waals surface area contributed by atoms with E-state index in [1.165, 1.54) is 13.3 Å². The third-order valence-electron chi connectivity index (χ3n) is 3.44. The zero-order valence-corrected chi connectivity index (χ0v) is 16.7. The predicted octanol–water partition coefficient (Wildman–Crippen LogP) is 2.35. The first-order valence-electron chi connectivity index (χ1n) is 8.14. The normalized spacial score (nSPS) is 10.2. The minimum Gasteiger partial charge on any atom is -0.496 e. The van der Waals surface area contributed by atoms with Gasteiger partial charge < -0.3 is 14.8 Å². The van der Waals surface area contributed by atoms with Gasteiger partial charge in [-0.2, -0.15) is 5.10 Å². The van der Waals surface area contributed by atoms with Crippen LogP contribution in [0.2, 0.25) is 0 Å². The van der Waals surface area contributed by atoms with Crippen molar-refractivity contribution in [1.82, 2.24) is 10.7 Å². The van der Waals surface area contributed by atoms with Crippen LogP contribution in [0.15, 0.2) is 52.0 Å². The Bertz CT molecular complexity index is 922. The maximum Gasteiger partial charge on any atom is 0.259 e. The number of nitrogens with one attached hydrogen (secondary N) is 2. The highest BCUT2D eigenvalue weighted by Crippen LogP contribution is 2.21. The zero-order chi connectivity index (χ0) is 20.4. The minimum atomic E-state index is -0.486. The highest BCUT2D eigenvalue weighted by molar-refractivity contribution is 9.10. The average Bonchev–Trinajstić information content (AvgIpc) is 2.71. The van der Waals surface area contributed by atoms with Gasteiger partial charge in [0.1, 0.15) is 18.1 Å². The quantitative estimate of drug-likeness (QED) is 0.372. The fraction of sp³-hybridized carbons (Fsp3) is 0.150. The van der Waals surface area contributed by atoms with E-state index in [0.29, 0.717) is 22.6 Å². The molecule has 2 rings (SSSR count). The van der Waals surface area contributed by atoms with Gasteiger partial charge in [0.2, 0.25) is 0 Å². The third kappa shape index (κ3) is 6.14. The predicted molar refractivity (Wildman–Crippen MR) is 110 cm³/mol. The number of hydrazone groups is 1. The second-order valence-corrected chi connectivity index (χ2v) is 6.27. The molecule has 0 heterocycles. The Labute approximate surface area is 171 Å². The van der Waals surface area contributed by atoms with Gasteiger partial charge in [-0.15, -0.1) is 6.42 Å². The molecule has 0 fully saturated rings. The van der Waals surface area contributed by atoms with Crippen LogP contribution in [0.5, 0.6) is 11.5 Å². The Morgan fingerprint density at radius 1 is 1.25 bits per heavy atom. The molecule has 0 bridgehead atoms. The van der Waals surface area contributed by atoms with Crippen LogP contribution in [-0.2, 0) is 4.79 Å². The SMILES string of the molecule is C#CCOc1ccc(Br)cc1C=NNC(=O)CNC(=O)c1ccccc1OC. The van der Waals surface area contributed by atoms with E-state index in [0.717, 1.165) is 4.47 Å². The molecule has 0 radical (unpaired) electrons. The van der Waals surface area contributed by atoms with E-state index in [-0.39, 0.29) is 13.2 Å². The van der Waals surface area contributed by atoms with Crippen molar-refractivity contribution in [2.45, 2.75) is 0 Å². The molecule has 8 heteroatoms. The lowest BCUT2D eigenvalue weighted by molar-refractivity contribution is -0.120. The zero-order valence-electron chi connectivity index (χ0n) is 15.1. The van der Waals surface area contributed by atoms with Crippen LogP contribution in [0.3, 0.4) is 0 Å². The van der Waals surface area contributed by atoms with Gasteiger partial charge in [0.15, 0.2) is 0 Å². The number of carbonyl (C=O) groups excluding carboxylic acids is 2. The number of carbonyl (C=O) groups is 2. The number of hydrogen-bond donors (Lipinski definition) is 2. The van der Waals surface area contributed by atoms with Crippen molar-refractivity contribution >= 4 is 34.0 Å². The standard InChI is InChI=1S/C20H18BrN3O4/c1-3-10-28-17-9-8-15(21)11-14(17)12-23-24-19(25)13-22-20(26)16-6-4-5-7-18(16)27-2/h1,4-9,11-12H,10,13H2,2H3,(H,22,26)(H,24,25). The molecule has 2 N–H and O–H groups in total.